The molecule has 2 unspecified atom stereocenters. The summed E-state index contributed by atoms with van der Waals surface area (Å²) in [4.78, 5) is 0. The molecule has 0 saturated heterocycles. The van der Waals surface area contributed by atoms with Crippen molar-refractivity contribution in [3.8, 4) is 0 Å². The summed E-state index contributed by atoms with van der Waals surface area (Å²) >= 11 is 0. The van der Waals surface area contributed by atoms with E-state index in [1.165, 1.54) is 0 Å². The molecule has 0 aromatic carbocycles. The van der Waals surface area contributed by atoms with Crippen LogP contribution in [-0.4, -0.2) is 41.1 Å². The SMILES string of the molecule is CCCCCC(C(O)CO)S(=O)(=O)O. The van der Waals surface area contributed by atoms with E-state index < -0.39 is 28.1 Å². The summed E-state index contributed by atoms with van der Waals surface area (Å²) in [7, 11) is -4.27. The highest BCUT2D eigenvalue weighted by molar-refractivity contribution is 7.86. The minimum atomic E-state index is -4.27. The Morgan fingerprint density at radius 1 is 1.29 bits per heavy atom. The highest BCUT2D eigenvalue weighted by Gasteiger charge is 2.29. The molecule has 0 aliphatic rings. The van der Waals surface area contributed by atoms with E-state index >= 15 is 0 Å². The first kappa shape index (κ1) is 13.8. The third-order valence-electron chi connectivity index (χ3n) is 2.09. The van der Waals surface area contributed by atoms with Gasteiger partial charge in [-0.3, -0.25) is 4.55 Å². The van der Waals surface area contributed by atoms with Gasteiger partial charge in [0, 0.05) is 0 Å². The van der Waals surface area contributed by atoms with Crippen LogP contribution in [0.2, 0.25) is 0 Å². The van der Waals surface area contributed by atoms with Gasteiger partial charge in [0.15, 0.2) is 0 Å². The molecule has 0 saturated carbocycles. The Labute approximate surface area is 84.5 Å². The molecule has 3 N–H and O–H groups in total. The van der Waals surface area contributed by atoms with Crippen LogP contribution in [0, 0.1) is 0 Å². The van der Waals surface area contributed by atoms with Gasteiger partial charge in [-0.25, -0.2) is 0 Å². The summed E-state index contributed by atoms with van der Waals surface area (Å²) in [5.74, 6) is 0. The maximum atomic E-state index is 10.8. The van der Waals surface area contributed by atoms with Crippen molar-refractivity contribution in [2.24, 2.45) is 0 Å². The molecule has 0 aliphatic heterocycles. The number of hydrogen-bond donors (Lipinski definition) is 3. The molecule has 0 radical (unpaired) electrons. The van der Waals surface area contributed by atoms with Crippen LogP contribution >= 0.6 is 0 Å². The number of unbranched alkanes of at least 4 members (excludes halogenated alkanes) is 2. The van der Waals surface area contributed by atoms with Gasteiger partial charge in [0.25, 0.3) is 10.1 Å². The number of rotatable bonds is 7. The molecule has 0 aromatic heterocycles. The Morgan fingerprint density at radius 3 is 2.21 bits per heavy atom. The molecule has 86 valence electrons. The van der Waals surface area contributed by atoms with E-state index in [1.807, 2.05) is 6.92 Å². The Bertz CT molecular complexity index is 236. The molecule has 0 aliphatic carbocycles. The second-order valence-electron chi connectivity index (χ2n) is 3.30. The Morgan fingerprint density at radius 2 is 1.86 bits per heavy atom. The van der Waals surface area contributed by atoms with E-state index in [0.29, 0.717) is 6.42 Å². The number of aliphatic hydroxyl groups is 2. The van der Waals surface area contributed by atoms with Crippen molar-refractivity contribution >= 4 is 10.1 Å². The molecule has 5 nitrogen and oxygen atoms in total. The summed E-state index contributed by atoms with van der Waals surface area (Å²) in [5, 5.41) is 16.5. The second-order valence-corrected chi connectivity index (χ2v) is 4.93. The zero-order valence-corrected chi connectivity index (χ0v) is 9.07. The molecule has 0 rings (SSSR count). The fourth-order valence-electron chi connectivity index (χ4n) is 1.25. The third kappa shape index (κ3) is 4.90. The second kappa shape index (κ2) is 6.34. The molecule has 0 amide bonds. The van der Waals surface area contributed by atoms with Gasteiger partial charge in [-0.05, 0) is 6.42 Å². The first-order valence-corrected chi connectivity index (χ1v) is 6.19. The lowest BCUT2D eigenvalue weighted by Crippen LogP contribution is -2.36. The molecule has 0 heterocycles. The lowest BCUT2D eigenvalue weighted by Gasteiger charge is -2.17. The van der Waals surface area contributed by atoms with Crippen LogP contribution in [0.5, 0.6) is 0 Å². The summed E-state index contributed by atoms with van der Waals surface area (Å²) in [5.41, 5.74) is 0. The topological polar surface area (TPSA) is 94.8 Å². The fourth-order valence-corrected chi connectivity index (χ4v) is 2.20. The van der Waals surface area contributed by atoms with Gasteiger partial charge in [-0.2, -0.15) is 8.42 Å². The van der Waals surface area contributed by atoms with Gasteiger partial charge >= 0.3 is 0 Å². The highest BCUT2D eigenvalue weighted by Crippen LogP contribution is 2.14. The molecular weight excluding hydrogens is 208 g/mol. The van der Waals surface area contributed by atoms with Crippen molar-refractivity contribution in [1.82, 2.24) is 0 Å². The first-order valence-electron chi connectivity index (χ1n) is 4.68. The predicted molar refractivity (Wildman–Crippen MR) is 52.6 cm³/mol. The van der Waals surface area contributed by atoms with Gasteiger partial charge < -0.3 is 10.2 Å². The minimum absolute atomic E-state index is 0.175. The van der Waals surface area contributed by atoms with Crippen LogP contribution in [0.1, 0.15) is 32.6 Å². The van der Waals surface area contributed by atoms with E-state index in [0.717, 1.165) is 12.8 Å². The smallest absolute Gasteiger partial charge is 0.270 e. The molecular formula is C8H18O5S. The lowest BCUT2D eigenvalue weighted by molar-refractivity contribution is 0.0864. The molecule has 2 atom stereocenters. The van der Waals surface area contributed by atoms with Crippen molar-refractivity contribution in [3.63, 3.8) is 0 Å². The fraction of sp³-hybridized carbons (Fsp3) is 1.00. The monoisotopic (exact) mass is 226 g/mol. The predicted octanol–water partition coefficient (Wildman–Crippen LogP) is 0.176. The van der Waals surface area contributed by atoms with E-state index in [2.05, 4.69) is 0 Å². The average Bonchev–Trinajstić information content (AvgIpc) is 2.09. The quantitative estimate of drug-likeness (QED) is 0.425. The highest BCUT2D eigenvalue weighted by atomic mass is 32.2. The van der Waals surface area contributed by atoms with Crippen LogP contribution in [0.4, 0.5) is 0 Å². The van der Waals surface area contributed by atoms with Gasteiger partial charge in [0.2, 0.25) is 0 Å². The van der Waals surface area contributed by atoms with Gasteiger partial charge in [0.1, 0.15) is 5.25 Å². The number of hydrogen-bond acceptors (Lipinski definition) is 4. The van der Waals surface area contributed by atoms with Crippen LogP contribution in [0.25, 0.3) is 0 Å². The maximum Gasteiger partial charge on any atom is 0.270 e. The molecule has 14 heavy (non-hydrogen) atoms. The normalized spacial score (nSPS) is 16.6. The summed E-state index contributed by atoms with van der Waals surface area (Å²) < 4.78 is 30.4. The van der Waals surface area contributed by atoms with Crippen LogP contribution in [-0.2, 0) is 10.1 Å². The van der Waals surface area contributed by atoms with Crippen LogP contribution in [0.15, 0.2) is 0 Å². The third-order valence-corrected chi connectivity index (χ3v) is 3.41. The van der Waals surface area contributed by atoms with Gasteiger partial charge in [-0.1, -0.05) is 26.2 Å². The number of aliphatic hydroxyl groups excluding tert-OH is 2. The summed E-state index contributed by atoms with van der Waals surface area (Å²) in [6.07, 6.45) is 1.14. The maximum absolute atomic E-state index is 10.8. The molecule has 0 aromatic rings. The lowest BCUT2D eigenvalue weighted by atomic mass is 10.1. The van der Waals surface area contributed by atoms with E-state index in [9.17, 15) is 8.42 Å². The van der Waals surface area contributed by atoms with Crippen LogP contribution in [0.3, 0.4) is 0 Å². The van der Waals surface area contributed by atoms with E-state index in [1.54, 1.807) is 0 Å². The molecule has 0 bridgehead atoms. The Hall–Kier alpha value is -0.170. The Balaban J connectivity index is 4.27. The van der Waals surface area contributed by atoms with Crippen molar-refractivity contribution in [2.75, 3.05) is 6.61 Å². The van der Waals surface area contributed by atoms with Gasteiger partial charge in [0.05, 0.1) is 12.7 Å². The van der Waals surface area contributed by atoms with Crippen molar-refractivity contribution in [1.29, 1.82) is 0 Å². The first-order chi connectivity index (χ1) is 6.43. The largest absolute Gasteiger partial charge is 0.394 e. The van der Waals surface area contributed by atoms with Gasteiger partial charge in [-0.15, -0.1) is 0 Å². The van der Waals surface area contributed by atoms with Crippen molar-refractivity contribution < 1.29 is 23.2 Å². The standard InChI is InChI=1S/C8H18O5S/c1-2-3-4-5-8(7(10)6-9)14(11,12)13/h7-10H,2-6H2,1H3,(H,11,12,13). The molecule has 6 heteroatoms. The van der Waals surface area contributed by atoms with E-state index in [4.69, 9.17) is 14.8 Å². The minimum Gasteiger partial charge on any atom is -0.394 e. The van der Waals surface area contributed by atoms with Crippen molar-refractivity contribution in [3.05, 3.63) is 0 Å². The zero-order valence-electron chi connectivity index (χ0n) is 8.26. The summed E-state index contributed by atoms with van der Waals surface area (Å²) in [6.45, 7) is 1.31. The Kier molecular flexibility index (Phi) is 6.26. The summed E-state index contributed by atoms with van der Waals surface area (Å²) in [6, 6.07) is 0. The van der Waals surface area contributed by atoms with Crippen molar-refractivity contribution in [2.45, 2.75) is 44.0 Å². The zero-order chi connectivity index (χ0) is 11.2. The molecule has 0 fully saturated rings. The van der Waals surface area contributed by atoms with Crippen LogP contribution < -0.4 is 0 Å². The molecule has 0 spiro atoms. The average molecular weight is 226 g/mol. The van der Waals surface area contributed by atoms with E-state index in [-0.39, 0.29) is 6.42 Å².